The van der Waals surface area contributed by atoms with Gasteiger partial charge in [0.15, 0.2) is 0 Å². The molecular weight excluding hydrogens is 270 g/mol. The van der Waals surface area contributed by atoms with Crippen molar-refractivity contribution in [2.45, 2.75) is 19.8 Å². The number of thiazole rings is 1. The number of nitrogens with zero attached hydrogens (tertiary/aromatic N) is 1. The highest BCUT2D eigenvalue weighted by Gasteiger charge is 2.12. The topological polar surface area (TPSA) is 68.0 Å². The van der Waals surface area contributed by atoms with Gasteiger partial charge in [-0.25, -0.2) is 4.98 Å². The molecule has 0 atom stereocenters. The largest absolute Gasteiger partial charge is 0.351 e. The molecule has 0 radical (unpaired) electrons. The zero-order chi connectivity index (χ0) is 14.4. The van der Waals surface area contributed by atoms with Gasteiger partial charge in [0, 0.05) is 17.5 Å². The van der Waals surface area contributed by atoms with Gasteiger partial charge in [0.25, 0.3) is 5.91 Å². The Bertz CT molecular complexity index is 580. The molecule has 2 rings (SSSR count). The van der Waals surface area contributed by atoms with Crippen LogP contribution in [-0.4, -0.2) is 24.0 Å². The maximum absolute atomic E-state index is 11.9. The van der Waals surface area contributed by atoms with Crippen LogP contribution in [-0.2, 0) is 0 Å². The molecule has 2 aromatic rings. The maximum Gasteiger partial charge on any atom is 0.270 e. The van der Waals surface area contributed by atoms with Gasteiger partial charge in [-0.15, -0.1) is 11.3 Å². The monoisotopic (exact) mass is 289 g/mol. The summed E-state index contributed by atoms with van der Waals surface area (Å²) in [5, 5.41) is 5.55. The van der Waals surface area contributed by atoms with Crippen LogP contribution in [0.15, 0.2) is 29.6 Å². The Hall–Kier alpha value is -1.72. The van der Waals surface area contributed by atoms with Crippen molar-refractivity contribution in [1.82, 2.24) is 10.3 Å². The lowest BCUT2D eigenvalue weighted by atomic mass is 10.1. The summed E-state index contributed by atoms with van der Waals surface area (Å²) in [6.07, 6.45) is 1.82. The van der Waals surface area contributed by atoms with E-state index < -0.39 is 0 Å². The molecule has 20 heavy (non-hydrogen) atoms. The molecule has 0 aliphatic carbocycles. The first-order valence-electron chi connectivity index (χ1n) is 6.72. The fraction of sp³-hybridized carbons (Fsp3) is 0.333. The minimum atomic E-state index is -0.113. The summed E-state index contributed by atoms with van der Waals surface area (Å²) in [7, 11) is 0. The van der Waals surface area contributed by atoms with Crippen LogP contribution in [0.1, 0.15) is 28.9 Å². The number of carbonyl (C=O) groups excluding carboxylic acids is 1. The van der Waals surface area contributed by atoms with Gasteiger partial charge < -0.3 is 11.1 Å². The van der Waals surface area contributed by atoms with E-state index in [2.05, 4.69) is 10.3 Å². The third-order valence-corrected chi connectivity index (χ3v) is 3.90. The molecule has 1 amide bonds. The van der Waals surface area contributed by atoms with E-state index >= 15 is 0 Å². The van der Waals surface area contributed by atoms with E-state index in [0.717, 1.165) is 29.0 Å². The van der Waals surface area contributed by atoms with E-state index in [1.54, 1.807) is 5.38 Å². The number of nitrogens with one attached hydrogen (secondary N) is 1. The van der Waals surface area contributed by atoms with Gasteiger partial charge in [-0.3, -0.25) is 4.79 Å². The summed E-state index contributed by atoms with van der Waals surface area (Å²) in [4.78, 5) is 16.4. The number of aromatic nitrogens is 1. The Kier molecular flexibility index (Phi) is 5.26. The number of rotatable bonds is 6. The number of carbonyl (C=O) groups is 1. The average molecular weight is 289 g/mol. The van der Waals surface area contributed by atoms with Crippen molar-refractivity contribution >= 4 is 17.2 Å². The van der Waals surface area contributed by atoms with Crippen molar-refractivity contribution in [2.75, 3.05) is 13.1 Å². The predicted octanol–water partition coefficient (Wildman–Crippen LogP) is 2.59. The van der Waals surface area contributed by atoms with Gasteiger partial charge in [-0.2, -0.15) is 0 Å². The van der Waals surface area contributed by atoms with Crippen molar-refractivity contribution in [2.24, 2.45) is 5.73 Å². The Morgan fingerprint density at radius 3 is 2.90 bits per heavy atom. The normalized spacial score (nSPS) is 10.5. The van der Waals surface area contributed by atoms with Crippen molar-refractivity contribution in [1.29, 1.82) is 0 Å². The fourth-order valence-electron chi connectivity index (χ4n) is 1.88. The van der Waals surface area contributed by atoms with Crippen molar-refractivity contribution in [3.63, 3.8) is 0 Å². The molecule has 0 saturated heterocycles. The van der Waals surface area contributed by atoms with Crippen LogP contribution >= 0.6 is 11.3 Å². The van der Waals surface area contributed by atoms with Crippen molar-refractivity contribution < 1.29 is 4.79 Å². The van der Waals surface area contributed by atoms with Gasteiger partial charge in [0.2, 0.25) is 0 Å². The first kappa shape index (κ1) is 14.7. The SMILES string of the molecule is Cc1ccccc1-c1nc(C(=O)NCCCCN)cs1. The summed E-state index contributed by atoms with van der Waals surface area (Å²) in [5.74, 6) is -0.113. The number of unbranched alkanes of at least 4 members (excludes halogenated alkanes) is 1. The van der Waals surface area contributed by atoms with Crippen LogP contribution in [0.25, 0.3) is 10.6 Å². The first-order chi connectivity index (χ1) is 9.72. The van der Waals surface area contributed by atoms with E-state index in [4.69, 9.17) is 5.73 Å². The highest BCUT2D eigenvalue weighted by molar-refractivity contribution is 7.13. The summed E-state index contributed by atoms with van der Waals surface area (Å²) >= 11 is 1.50. The number of benzene rings is 1. The quantitative estimate of drug-likeness (QED) is 0.803. The van der Waals surface area contributed by atoms with Crippen LogP contribution in [0.5, 0.6) is 0 Å². The second kappa shape index (κ2) is 7.17. The lowest BCUT2D eigenvalue weighted by Gasteiger charge is -2.02. The molecule has 0 spiro atoms. The second-order valence-electron chi connectivity index (χ2n) is 4.60. The number of hydrogen-bond acceptors (Lipinski definition) is 4. The molecule has 4 nitrogen and oxygen atoms in total. The molecule has 0 saturated carbocycles. The van der Waals surface area contributed by atoms with E-state index in [0.29, 0.717) is 18.8 Å². The molecule has 0 bridgehead atoms. The van der Waals surface area contributed by atoms with Crippen molar-refractivity contribution in [3.8, 4) is 10.6 Å². The molecule has 0 aliphatic heterocycles. The predicted molar refractivity (Wildman–Crippen MR) is 82.9 cm³/mol. The minimum absolute atomic E-state index is 0.113. The van der Waals surface area contributed by atoms with Crippen LogP contribution in [0.3, 0.4) is 0 Å². The Morgan fingerprint density at radius 2 is 2.15 bits per heavy atom. The summed E-state index contributed by atoms with van der Waals surface area (Å²) in [5.41, 5.74) is 8.15. The lowest BCUT2D eigenvalue weighted by molar-refractivity contribution is 0.0949. The fourth-order valence-corrected chi connectivity index (χ4v) is 2.77. The Balaban J connectivity index is 2.02. The van der Waals surface area contributed by atoms with Crippen LogP contribution < -0.4 is 11.1 Å². The molecule has 1 aromatic carbocycles. The highest BCUT2D eigenvalue weighted by Crippen LogP contribution is 2.26. The number of nitrogens with two attached hydrogens (primary N) is 1. The third kappa shape index (κ3) is 3.65. The van der Waals surface area contributed by atoms with Gasteiger partial charge in [-0.1, -0.05) is 24.3 Å². The molecule has 1 aromatic heterocycles. The number of hydrogen-bond donors (Lipinski definition) is 2. The Labute approximate surface area is 123 Å². The van der Waals surface area contributed by atoms with E-state index in [1.807, 2.05) is 31.2 Å². The molecule has 3 N–H and O–H groups in total. The maximum atomic E-state index is 11.9. The third-order valence-electron chi connectivity index (χ3n) is 3.03. The zero-order valence-corrected chi connectivity index (χ0v) is 12.4. The minimum Gasteiger partial charge on any atom is -0.351 e. The summed E-state index contributed by atoms with van der Waals surface area (Å²) in [6, 6.07) is 8.05. The van der Waals surface area contributed by atoms with Gasteiger partial charge in [0.1, 0.15) is 10.7 Å². The highest BCUT2D eigenvalue weighted by atomic mass is 32.1. The Morgan fingerprint density at radius 1 is 1.35 bits per heavy atom. The number of aryl methyl sites for hydroxylation is 1. The summed E-state index contributed by atoms with van der Waals surface area (Å²) in [6.45, 7) is 3.35. The van der Waals surface area contributed by atoms with E-state index in [-0.39, 0.29) is 5.91 Å². The second-order valence-corrected chi connectivity index (χ2v) is 5.46. The zero-order valence-electron chi connectivity index (χ0n) is 11.6. The molecular formula is C15H19N3OS. The molecule has 0 aliphatic rings. The van der Waals surface area contributed by atoms with E-state index in [1.165, 1.54) is 11.3 Å². The van der Waals surface area contributed by atoms with Crippen molar-refractivity contribution in [3.05, 3.63) is 40.9 Å². The average Bonchev–Trinajstić information content (AvgIpc) is 2.93. The number of amides is 1. The van der Waals surface area contributed by atoms with Crippen LogP contribution in [0, 0.1) is 6.92 Å². The molecule has 5 heteroatoms. The van der Waals surface area contributed by atoms with Gasteiger partial charge >= 0.3 is 0 Å². The van der Waals surface area contributed by atoms with Crippen LogP contribution in [0.2, 0.25) is 0 Å². The van der Waals surface area contributed by atoms with Crippen LogP contribution in [0.4, 0.5) is 0 Å². The van der Waals surface area contributed by atoms with Gasteiger partial charge in [-0.05, 0) is 31.9 Å². The molecule has 1 heterocycles. The standard InChI is InChI=1S/C15H19N3OS/c1-11-6-2-3-7-12(11)15-18-13(10-20-15)14(19)17-9-5-4-8-16/h2-3,6-7,10H,4-5,8-9,16H2,1H3,(H,17,19). The molecule has 0 unspecified atom stereocenters. The summed E-state index contributed by atoms with van der Waals surface area (Å²) < 4.78 is 0. The van der Waals surface area contributed by atoms with E-state index in [9.17, 15) is 4.79 Å². The molecule has 106 valence electrons. The first-order valence-corrected chi connectivity index (χ1v) is 7.60. The lowest BCUT2D eigenvalue weighted by Crippen LogP contribution is -2.25. The molecule has 0 fully saturated rings. The smallest absolute Gasteiger partial charge is 0.270 e. The van der Waals surface area contributed by atoms with Gasteiger partial charge in [0.05, 0.1) is 0 Å².